The lowest BCUT2D eigenvalue weighted by molar-refractivity contribution is 0.440. The van der Waals surface area contributed by atoms with Crippen LogP contribution >= 0.6 is 0 Å². The number of aromatic nitrogens is 2. The summed E-state index contributed by atoms with van der Waals surface area (Å²) in [4.78, 5) is 2.16. The van der Waals surface area contributed by atoms with E-state index in [1.54, 1.807) is 0 Å². The molecule has 0 bridgehead atoms. The van der Waals surface area contributed by atoms with E-state index in [-0.39, 0.29) is 0 Å². The van der Waals surface area contributed by atoms with E-state index in [0.717, 1.165) is 6.54 Å². The lowest BCUT2D eigenvalue weighted by atomic mass is 10.2. The van der Waals surface area contributed by atoms with E-state index in [9.17, 15) is 0 Å². The van der Waals surface area contributed by atoms with E-state index in [2.05, 4.69) is 48.1 Å². The standard InChI is InChI=1S/C13H24N4O/c1-9(2)8-17(10(3)4)13-16-15-12(18-13)7-14-11-5-6-11/h9-11,14H,5-8H2,1-4H3. The second-order valence-electron chi connectivity index (χ2n) is 5.77. The Morgan fingerprint density at radius 2 is 2.00 bits per heavy atom. The van der Waals surface area contributed by atoms with Crippen LogP contribution in [-0.2, 0) is 6.54 Å². The number of hydrogen-bond acceptors (Lipinski definition) is 5. The molecule has 18 heavy (non-hydrogen) atoms. The van der Waals surface area contributed by atoms with Crippen LogP contribution in [0, 0.1) is 5.92 Å². The molecule has 1 aliphatic carbocycles. The molecule has 1 N–H and O–H groups in total. The zero-order valence-electron chi connectivity index (χ0n) is 11.8. The summed E-state index contributed by atoms with van der Waals surface area (Å²) >= 11 is 0. The van der Waals surface area contributed by atoms with Gasteiger partial charge in [-0.15, -0.1) is 5.10 Å². The van der Waals surface area contributed by atoms with Crippen molar-refractivity contribution in [1.29, 1.82) is 0 Å². The van der Waals surface area contributed by atoms with Crippen molar-refractivity contribution in [2.24, 2.45) is 5.92 Å². The van der Waals surface area contributed by atoms with Crippen molar-refractivity contribution in [2.45, 2.75) is 59.2 Å². The summed E-state index contributed by atoms with van der Waals surface area (Å²) < 4.78 is 5.73. The molecule has 1 aliphatic rings. The molecule has 2 rings (SSSR count). The largest absolute Gasteiger partial charge is 0.407 e. The molecule has 0 amide bonds. The van der Waals surface area contributed by atoms with Crippen LogP contribution in [0.25, 0.3) is 0 Å². The summed E-state index contributed by atoms with van der Waals surface area (Å²) in [6, 6.07) is 1.68. The van der Waals surface area contributed by atoms with Crippen LogP contribution in [0.1, 0.15) is 46.4 Å². The van der Waals surface area contributed by atoms with Gasteiger partial charge < -0.3 is 14.6 Å². The molecule has 1 heterocycles. The fourth-order valence-corrected chi connectivity index (χ4v) is 1.85. The highest BCUT2D eigenvalue weighted by molar-refractivity contribution is 5.25. The third-order valence-corrected chi connectivity index (χ3v) is 3.01. The molecule has 1 saturated carbocycles. The minimum absolute atomic E-state index is 0.372. The van der Waals surface area contributed by atoms with Gasteiger partial charge in [-0.25, -0.2) is 0 Å². The van der Waals surface area contributed by atoms with Crippen LogP contribution in [0.3, 0.4) is 0 Å². The van der Waals surface area contributed by atoms with E-state index in [4.69, 9.17) is 4.42 Å². The zero-order valence-corrected chi connectivity index (χ0v) is 11.8. The Balaban J connectivity index is 1.95. The van der Waals surface area contributed by atoms with E-state index in [1.165, 1.54) is 12.8 Å². The topological polar surface area (TPSA) is 54.2 Å². The molecule has 0 saturated heterocycles. The highest BCUT2D eigenvalue weighted by Crippen LogP contribution is 2.20. The number of anilines is 1. The smallest absolute Gasteiger partial charge is 0.318 e. The first-order chi connectivity index (χ1) is 8.56. The Labute approximate surface area is 109 Å². The first kappa shape index (κ1) is 13.3. The van der Waals surface area contributed by atoms with Gasteiger partial charge in [0.15, 0.2) is 0 Å². The van der Waals surface area contributed by atoms with Crippen molar-refractivity contribution in [3.63, 3.8) is 0 Å². The fraction of sp³-hybridized carbons (Fsp3) is 0.846. The maximum atomic E-state index is 5.73. The summed E-state index contributed by atoms with van der Waals surface area (Å²) in [5.41, 5.74) is 0. The second kappa shape index (κ2) is 5.69. The van der Waals surface area contributed by atoms with Gasteiger partial charge in [0.1, 0.15) is 0 Å². The quantitative estimate of drug-likeness (QED) is 0.806. The molecule has 0 unspecified atom stereocenters. The van der Waals surface area contributed by atoms with Gasteiger partial charge in [-0.1, -0.05) is 18.9 Å². The van der Waals surface area contributed by atoms with Crippen molar-refractivity contribution in [3.05, 3.63) is 5.89 Å². The van der Waals surface area contributed by atoms with E-state index >= 15 is 0 Å². The zero-order chi connectivity index (χ0) is 13.1. The lowest BCUT2D eigenvalue weighted by Crippen LogP contribution is -2.34. The number of nitrogens with zero attached hydrogens (tertiary/aromatic N) is 3. The van der Waals surface area contributed by atoms with Crippen LogP contribution in [0.5, 0.6) is 0 Å². The molecule has 5 nitrogen and oxygen atoms in total. The molecule has 5 heteroatoms. The van der Waals surface area contributed by atoms with Gasteiger partial charge in [-0.2, -0.15) is 0 Å². The van der Waals surface area contributed by atoms with Crippen molar-refractivity contribution < 1.29 is 4.42 Å². The van der Waals surface area contributed by atoms with Gasteiger partial charge in [0.2, 0.25) is 5.89 Å². The van der Waals surface area contributed by atoms with Crippen molar-refractivity contribution >= 4 is 6.01 Å². The van der Waals surface area contributed by atoms with Gasteiger partial charge in [-0.05, 0) is 32.6 Å². The van der Waals surface area contributed by atoms with Crippen molar-refractivity contribution in [2.75, 3.05) is 11.4 Å². The maximum absolute atomic E-state index is 5.73. The molecular formula is C13H24N4O. The molecule has 1 fully saturated rings. The average molecular weight is 252 g/mol. The molecule has 0 spiro atoms. The SMILES string of the molecule is CC(C)CN(c1nnc(CNC2CC2)o1)C(C)C. The first-order valence-corrected chi connectivity index (χ1v) is 6.88. The lowest BCUT2D eigenvalue weighted by Gasteiger charge is -2.26. The second-order valence-corrected chi connectivity index (χ2v) is 5.77. The summed E-state index contributed by atoms with van der Waals surface area (Å²) in [5.74, 6) is 1.26. The van der Waals surface area contributed by atoms with Crippen molar-refractivity contribution in [3.8, 4) is 0 Å². The third-order valence-electron chi connectivity index (χ3n) is 3.01. The predicted octanol–water partition coefficient (Wildman–Crippen LogP) is 2.19. The van der Waals surface area contributed by atoms with Gasteiger partial charge in [-0.3, -0.25) is 0 Å². The Kier molecular flexibility index (Phi) is 4.22. The number of hydrogen-bond donors (Lipinski definition) is 1. The fourth-order valence-electron chi connectivity index (χ4n) is 1.85. The molecule has 0 aromatic carbocycles. The summed E-state index contributed by atoms with van der Waals surface area (Å²) in [7, 11) is 0. The van der Waals surface area contributed by atoms with Crippen molar-refractivity contribution in [1.82, 2.24) is 15.5 Å². The Bertz CT molecular complexity index is 371. The van der Waals surface area contributed by atoms with E-state index in [0.29, 0.717) is 36.5 Å². The maximum Gasteiger partial charge on any atom is 0.318 e. The molecule has 1 aromatic heterocycles. The molecular weight excluding hydrogens is 228 g/mol. The van der Waals surface area contributed by atoms with Gasteiger partial charge in [0.05, 0.1) is 6.54 Å². The Hall–Kier alpha value is -1.10. The monoisotopic (exact) mass is 252 g/mol. The number of nitrogens with one attached hydrogen (secondary N) is 1. The number of rotatable bonds is 7. The average Bonchev–Trinajstić information content (AvgIpc) is 3.01. The van der Waals surface area contributed by atoms with Gasteiger partial charge in [0, 0.05) is 18.6 Å². The first-order valence-electron chi connectivity index (χ1n) is 6.88. The Morgan fingerprint density at radius 3 is 2.56 bits per heavy atom. The summed E-state index contributed by atoms with van der Waals surface area (Å²) in [6.07, 6.45) is 2.54. The normalized spacial score (nSPS) is 15.7. The van der Waals surface area contributed by atoms with Crippen LogP contribution in [0.2, 0.25) is 0 Å². The highest BCUT2D eigenvalue weighted by Gasteiger charge is 2.22. The highest BCUT2D eigenvalue weighted by atomic mass is 16.4. The van der Waals surface area contributed by atoms with Gasteiger partial charge >= 0.3 is 6.01 Å². The molecule has 1 aromatic rings. The molecule has 102 valence electrons. The van der Waals surface area contributed by atoms with Gasteiger partial charge in [0.25, 0.3) is 0 Å². The predicted molar refractivity (Wildman–Crippen MR) is 71.5 cm³/mol. The molecule has 0 aliphatic heterocycles. The van der Waals surface area contributed by atoms with Crippen LogP contribution in [0.15, 0.2) is 4.42 Å². The van der Waals surface area contributed by atoms with E-state index < -0.39 is 0 Å². The molecule has 0 radical (unpaired) electrons. The minimum atomic E-state index is 0.372. The summed E-state index contributed by atoms with van der Waals surface area (Å²) in [5, 5.41) is 11.6. The van der Waals surface area contributed by atoms with E-state index in [1.807, 2.05) is 0 Å². The summed E-state index contributed by atoms with van der Waals surface area (Å²) in [6.45, 7) is 10.3. The third kappa shape index (κ3) is 3.70. The van der Waals surface area contributed by atoms with Crippen LogP contribution < -0.4 is 10.2 Å². The Morgan fingerprint density at radius 1 is 1.28 bits per heavy atom. The van der Waals surface area contributed by atoms with Crippen LogP contribution in [0.4, 0.5) is 6.01 Å². The molecule has 0 atom stereocenters. The van der Waals surface area contributed by atoms with Crippen LogP contribution in [-0.4, -0.2) is 28.8 Å². The minimum Gasteiger partial charge on any atom is -0.407 e.